The number of benzene rings is 1. The zero-order valence-corrected chi connectivity index (χ0v) is 9.04. The van der Waals surface area contributed by atoms with Crippen molar-refractivity contribution in [1.82, 2.24) is 0 Å². The van der Waals surface area contributed by atoms with E-state index in [1.807, 2.05) is 0 Å². The van der Waals surface area contributed by atoms with Crippen molar-refractivity contribution in [3.05, 3.63) is 28.8 Å². The van der Waals surface area contributed by atoms with E-state index in [1.165, 1.54) is 0 Å². The van der Waals surface area contributed by atoms with E-state index >= 15 is 0 Å². The molecule has 0 bridgehead atoms. The SMILES string of the molecule is CCCCc1c(F)c(F)c([O-])c(F)c1F.[Li+]. The first-order valence-electron chi connectivity index (χ1n) is 4.52. The number of hydrogen-bond donors (Lipinski definition) is 0. The number of rotatable bonds is 3. The van der Waals surface area contributed by atoms with Crippen molar-refractivity contribution >= 4 is 0 Å². The third kappa shape index (κ3) is 2.72. The predicted molar refractivity (Wildman–Crippen MR) is 44.3 cm³/mol. The fraction of sp³-hybridized carbons (Fsp3) is 0.400. The molecular weight excluding hydrogens is 219 g/mol. The predicted octanol–water partition coefficient (Wildman–Crippen LogP) is -0.337. The van der Waals surface area contributed by atoms with Crippen LogP contribution in [0.3, 0.4) is 0 Å². The maximum atomic E-state index is 13.0. The van der Waals surface area contributed by atoms with Crippen LogP contribution >= 0.6 is 0 Å². The normalized spacial score (nSPS) is 10.1. The Labute approximate surface area is 103 Å². The summed E-state index contributed by atoms with van der Waals surface area (Å²) in [4.78, 5) is 0. The van der Waals surface area contributed by atoms with Crippen LogP contribution in [-0.4, -0.2) is 0 Å². The van der Waals surface area contributed by atoms with Crippen LogP contribution in [0.1, 0.15) is 25.3 Å². The van der Waals surface area contributed by atoms with Crippen LogP contribution in [0.25, 0.3) is 0 Å². The average molecular weight is 228 g/mol. The molecule has 1 rings (SSSR count). The van der Waals surface area contributed by atoms with Crippen LogP contribution in [0.4, 0.5) is 17.6 Å². The maximum absolute atomic E-state index is 13.0. The molecular formula is C10H9F4LiO. The van der Waals surface area contributed by atoms with E-state index in [4.69, 9.17) is 0 Å². The van der Waals surface area contributed by atoms with Crippen molar-refractivity contribution in [2.45, 2.75) is 26.2 Å². The van der Waals surface area contributed by atoms with Gasteiger partial charge in [-0.05, 0) is 18.6 Å². The molecule has 0 aromatic heterocycles. The Balaban J connectivity index is 0.00000225. The van der Waals surface area contributed by atoms with E-state index < -0.39 is 34.6 Å². The molecule has 84 valence electrons. The van der Waals surface area contributed by atoms with Crippen LogP contribution in [-0.2, 0) is 6.42 Å². The first kappa shape index (κ1) is 15.3. The molecule has 0 spiro atoms. The molecule has 16 heavy (non-hydrogen) atoms. The molecule has 1 aromatic rings. The minimum Gasteiger partial charge on any atom is -0.868 e. The van der Waals surface area contributed by atoms with E-state index in [1.54, 1.807) is 6.92 Å². The van der Waals surface area contributed by atoms with Gasteiger partial charge in [0.05, 0.1) is 0 Å². The van der Waals surface area contributed by atoms with E-state index in [9.17, 15) is 22.7 Å². The second-order valence-corrected chi connectivity index (χ2v) is 3.17. The van der Waals surface area contributed by atoms with Gasteiger partial charge in [-0.25, -0.2) is 17.6 Å². The smallest absolute Gasteiger partial charge is 0.868 e. The summed E-state index contributed by atoms with van der Waals surface area (Å²) >= 11 is 0. The molecule has 6 heteroatoms. The topological polar surface area (TPSA) is 23.1 Å². The molecule has 0 aliphatic heterocycles. The Morgan fingerprint density at radius 3 is 1.75 bits per heavy atom. The molecule has 0 fully saturated rings. The number of halogens is 4. The third-order valence-electron chi connectivity index (χ3n) is 2.09. The molecule has 0 saturated carbocycles. The van der Waals surface area contributed by atoms with Gasteiger partial charge in [0.2, 0.25) is 0 Å². The molecule has 0 aliphatic rings. The molecule has 0 amide bonds. The summed E-state index contributed by atoms with van der Waals surface area (Å²) in [7, 11) is 0. The van der Waals surface area contributed by atoms with Gasteiger partial charge in [0, 0.05) is 5.56 Å². The molecule has 0 N–H and O–H groups in total. The van der Waals surface area contributed by atoms with Crippen molar-refractivity contribution in [3.8, 4) is 5.75 Å². The quantitative estimate of drug-likeness (QED) is 0.394. The summed E-state index contributed by atoms with van der Waals surface area (Å²) < 4.78 is 51.6. The van der Waals surface area contributed by atoms with Gasteiger partial charge in [-0.1, -0.05) is 13.3 Å². The van der Waals surface area contributed by atoms with Gasteiger partial charge in [0.15, 0.2) is 23.3 Å². The Kier molecular flexibility index (Phi) is 5.91. The Bertz CT molecular complexity index is 353. The van der Waals surface area contributed by atoms with E-state index in [0.717, 1.165) is 0 Å². The van der Waals surface area contributed by atoms with Gasteiger partial charge >= 0.3 is 18.9 Å². The van der Waals surface area contributed by atoms with Crippen molar-refractivity contribution in [1.29, 1.82) is 0 Å². The summed E-state index contributed by atoms with van der Waals surface area (Å²) in [5.74, 6) is -8.70. The van der Waals surface area contributed by atoms with E-state index in [-0.39, 0.29) is 25.3 Å². The van der Waals surface area contributed by atoms with Crippen LogP contribution in [0.5, 0.6) is 5.75 Å². The minimum atomic E-state index is -1.86. The Hall–Kier alpha value is -0.663. The summed E-state index contributed by atoms with van der Waals surface area (Å²) in [5.41, 5.74) is -0.688. The molecule has 0 saturated heterocycles. The molecule has 0 heterocycles. The van der Waals surface area contributed by atoms with Crippen LogP contribution in [0.2, 0.25) is 0 Å². The zero-order valence-electron chi connectivity index (χ0n) is 9.04. The molecule has 0 radical (unpaired) electrons. The monoisotopic (exact) mass is 228 g/mol. The first-order valence-corrected chi connectivity index (χ1v) is 4.52. The summed E-state index contributed by atoms with van der Waals surface area (Å²) in [6.45, 7) is 1.77. The third-order valence-corrected chi connectivity index (χ3v) is 2.09. The Morgan fingerprint density at radius 1 is 0.938 bits per heavy atom. The summed E-state index contributed by atoms with van der Waals surface area (Å²) in [6.07, 6.45) is 0.897. The van der Waals surface area contributed by atoms with Crippen molar-refractivity contribution in [2.75, 3.05) is 0 Å². The van der Waals surface area contributed by atoms with Crippen LogP contribution in [0, 0.1) is 23.3 Å². The second-order valence-electron chi connectivity index (χ2n) is 3.17. The van der Waals surface area contributed by atoms with Crippen molar-refractivity contribution < 1.29 is 41.5 Å². The molecule has 1 aromatic carbocycles. The fourth-order valence-corrected chi connectivity index (χ4v) is 1.23. The van der Waals surface area contributed by atoms with Gasteiger partial charge < -0.3 is 5.11 Å². The molecule has 0 aliphatic carbocycles. The van der Waals surface area contributed by atoms with E-state index in [2.05, 4.69) is 0 Å². The van der Waals surface area contributed by atoms with Crippen LogP contribution < -0.4 is 24.0 Å². The molecule has 1 nitrogen and oxygen atoms in total. The second kappa shape index (κ2) is 6.17. The summed E-state index contributed by atoms with van der Waals surface area (Å²) in [6, 6.07) is 0. The van der Waals surface area contributed by atoms with E-state index in [0.29, 0.717) is 12.8 Å². The van der Waals surface area contributed by atoms with Crippen LogP contribution in [0.15, 0.2) is 0 Å². The standard InChI is InChI=1S/C10H10F4O.Li/c1-2-3-4-5-6(11)8(13)10(15)9(14)7(5)12;/h15H,2-4H2,1H3;/q;+1/p-1. The fourth-order valence-electron chi connectivity index (χ4n) is 1.23. The number of hydrogen-bond acceptors (Lipinski definition) is 1. The first-order chi connectivity index (χ1) is 7.00. The summed E-state index contributed by atoms with van der Waals surface area (Å²) in [5, 5.41) is 10.6. The average Bonchev–Trinajstić information content (AvgIpc) is 2.24. The maximum Gasteiger partial charge on any atom is 1.00 e. The molecule has 0 atom stereocenters. The van der Waals surface area contributed by atoms with Crippen molar-refractivity contribution in [2.24, 2.45) is 0 Å². The van der Waals surface area contributed by atoms with Gasteiger partial charge in [0.25, 0.3) is 0 Å². The van der Waals surface area contributed by atoms with Gasteiger partial charge in [0.1, 0.15) is 0 Å². The zero-order chi connectivity index (χ0) is 11.6. The van der Waals surface area contributed by atoms with Crippen molar-refractivity contribution in [3.63, 3.8) is 0 Å². The molecule has 0 unspecified atom stereocenters. The van der Waals surface area contributed by atoms with Gasteiger partial charge in [-0.15, -0.1) is 0 Å². The Morgan fingerprint density at radius 2 is 1.38 bits per heavy atom. The largest absolute Gasteiger partial charge is 1.00 e. The van der Waals surface area contributed by atoms with Gasteiger partial charge in [-0.2, -0.15) is 0 Å². The minimum absolute atomic E-state index is 0. The number of unbranched alkanes of at least 4 members (excludes halogenated alkanes) is 1. The van der Waals surface area contributed by atoms with Gasteiger partial charge in [-0.3, -0.25) is 0 Å².